The molecular formula is C25H29N3O2. The van der Waals surface area contributed by atoms with Crippen molar-refractivity contribution in [3.05, 3.63) is 70.9 Å². The number of likely N-dealkylation sites (tertiary alicyclic amines) is 1. The number of pyridine rings is 1. The van der Waals surface area contributed by atoms with Crippen molar-refractivity contribution in [1.29, 1.82) is 0 Å². The van der Waals surface area contributed by atoms with Gasteiger partial charge in [-0.15, -0.1) is 0 Å². The number of carbonyl (C=O) groups excluding carboxylic acids is 1. The summed E-state index contributed by atoms with van der Waals surface area (Å²) in [7, 11) is 1.64. The average molecular weight is 404 g/mol. The Morgan fingerprint density at radius 1 is 1.13 bits per heavy atom. The third-order valence-corrected chi connectivity index (χ3v) is 5.87. The van der Waals surface area contributed by atoms with Crippen molar-refractivity contribution in [2.45, 2.75) is 39.3 Å². The second-order valence-corrected chi connectivity index (χ2v) is 8.19. The molecule has 0 radical (unpaired) electrons. The Bertz CT molecular complexity index is 1060. The summed E-state index contributed by atoms with van der Waals surface area (Å²) in [5.74, 6) is 0.735. The molecule has 0 saturated carbocycles. The third kappa shape index (κ3) is 4.62. The van der Waals surface area contributed by atoms with E-state index in [0.29, 0.717) is 5.56 Å². The summed E-state index contributed by atoms with van der Waals surface area (Å²) in [6.45, 7) is 6.98. The number of ether oxygens (including phenoxy) is 1. The monoisotopic (exact) mass is 403 g/mol. The van der Waals surface area contributed by atoms with Gasteiger partial charge in [0.25, 0.3) is 5.91 Å². The predicted molar refractivity (Wildman–Crippen MR) is 120 cm³/mol. The largest absolute Gasteiger partial charge is 0.497 e. The van der Waals surface area contributed by atoms with Crippen LogP contribution in [0.5, 0.6) is 5.75 Å². The van der Waals surface area contributed by atoms with Crippen molar-refractivity contribution in [1.82, 2.24) is 15.2 Å². The summed E-state index contributed by atoms with van der Waals surface area (Å²) >= 11 is 0. The number of aromatic nitrogens is 1. The molecule has 30 heavy (non-hydrogen) atoms. The molecule has 0 unspecified atom stereocenters. The molecule has 0 spiro atoms. The van der Waals surface area contributed by atoms with Gasteiger partial charge in [-0.25, -0.2) is 0 Å². The number of carbonyl (C=O) groups is 1. The van der Waals surface area contributed by atoms with Crippen molar-refractivity contribution in [2.75, 3.05) is 20.2 Å². The van der Waals surface area contributed by atoms with Crippen LogP contribution in [0.1, 0.15) is 40.0 Å². The van der Waals surface area contributed by atoms with Crippen LogP contribution >= 0.6 is 0 Å². The van der Waals surface area contributed by atoms with E-state index in [4.69, 9.17) is 4.74 Å². The SMILES string of the molecule is COc1ccc2cc(C(=O)NC3CCN(Cc4cccc(C)c4)CC3)c(C)nc2c1. The second-order valence-electron chi connectivity index (χ2n) is 8.19. The molecule has 1 aromatic heterocycles. The van der Waals surface area contributed by atoms with E-state index in [1.807, 2.05) is 31.2 Å². The van der Waals surface area contributed by atoms with Crippen molar-refractivity contribution >= 4 is 16.8 Å². The maximum Gasteiger partial charge on any atom is 0.253 e. The minimum Gasteiger partial charge on any atom is -0.497 e. The maximum atomic E-state index is 12.9. The summed E-state index contributed by atoms with van der Waals surface area (Å²) in [6, 6.07) is 16.6. The van der Waals surface area contributed by atoms with E-state index in [2.05, 4.69) is 46.4 Å². The van der Waals surface area contributed by atoms with Gasteiger partial charge in [0, 0.05) is 37.1 Å². The first-order valence-corrected chi connectivity index (χ1v) is 10.6. The van der Waals surface area contributed by atoms with Gasteiger partial charge in [-0.1, -0.05) is 29.8 Å². The van der Waals surface area contributed by atoms with Crippen molar-refractivity contribution in [2.24, 2.45) is 0 Å². The number of fused-ring (bicyclic) bond motifs is 1. The van der Waals surface area contributed by atoms with Gasteiger partial charge in [0.05, 0.1) is 23.9 Å². The molecule has 2 heterocycles. The molecule has 0 atom stereocenters. The van der Waals surface area contributed by atoms with Crippen molar-refractivity contribution < 1.29 is 9.53 Å². The van der Waals surface area contributed by atoms with Crippen LogP contribution in [0.4, 0.5) is 0 Å². The molecular weight excluding hydrogens is 374 g/mol. The molecule has 1 aliphatic rings. The fourth-order valence-electron chi connectivity index (χ4n) is 4.17. The smallest absolute Gasteiger partial charge is 0.253 e. The lowest BCUT2D eigenvalue weighted by molar-refractivity contribution is 0.0908. The minimum absolute atomic E-state index is 0.0325. The molecule has 1 amide bonds. The van der Waals surface area contributed by atoms with Gasteiger partial charge in [0.15, 0.2) is 0 Å². The summed E-state index contributed by atoms with van der Waals surface area (Å²) in [5, 5.41) is 4.17. The highest BCUT2D eigenvalue weighted by Gasteiger charge is 2.22. The zero-order valence-electron chi connectivity index (χ0n) is 17.9. The van der Waals surface area contributed by atoms with E-state index in [0.717, 1.165) is 54.8 Å². The Morgan fingerprint density at radius 2 is 1.93 bits per heavy atom. The van der Waals surface area contributed by atoms with Crippen LogP contribution in [0.15, 0.2) is 48.5 Å². The van der Waals surface area contributed by atoms with Crippen LogP contribution in [0, 0.1) is 13.8 Å². The van der Waals surface area contributed by atoms with Crippen LogP contribution in [-0.4, -0.2) is 42.0 Å². The standard InChI is InChI=1S/C25H29N3O2/c1-17-5-4-6-19(13-17)16-28-11-9-21(10-12-28)27-25(29)23-14-20-7-8-22(30-3)15-24(20)26-18(23)2/h4-8,13-15,21H,9-12,16H2,1-3H3,(H,27,29). The molecule has 4 rings (SSSR count). The fraction of sp³-hybridized carbons (Fsp3) is 0.360. The lowest BCUT2D eigenvalue weighted by atomic mass is 10.0. The zero-order valence-corrected chi connectivity index (χ0v) is 17.9. The van der Waals surface area contributed by atoms with E-state index in [1.165, 1.54) is 11.1 Å². The first-order chi connectivity index (χ1) is 14.5. The molecule has 5 nitrogen and oxygen atoms in total. The van der Waals surface area contributed by atoms with Crippen LogP contribution in [0.25, 0.3) is 10.9 Å². The number of benzene rings is 2. The molecule has 0 bridgehead atoms. The Labute approximate surface area is 178 Å². The highest BCUT2D eigenvalue weighted by molar-refractivity contribution is 5.98. The van der Waals surface area contributed by atoms with E-state index in [-0.39, 0.29) is 11.9 Å². The average Bonchev–Trinajstić information content (AvgIpc) is 2.74. The highest BCUT2D eigenvalue weighted by Crippen LogP contribution is 2.22. The van der Waals surface area contributed by atoms with Gasteiger partial charge in [0.1, 0.15) is 5.75 Å². The summed E-state index contributed by atoms with van der Waals surface area (Å²) in [5.41, 5.74) is 4.88. The number of aryl methyl sites for hydroxylation is 2. The Balaban J connectivity index is 1.37. The first kappa shape index (κ1) is 20.4. The number of rotatable bonds is 5. The quantitative estimate of drug-likeness (QED) is 0.692. The molecule has 5 heteroatoms. The van der Waals surface area contributed by atoms with Crippen LogP contribution in [0.2, 0.25) is 0 Å². The number of amides is 1. The Hall–Kier alpha value is -2.92. The predicted octanol–water partition coefficient (Wildman–Crippen LogP) is 4.25. The van der Waals surface area contributed by atoms with Crippen molar-refractivity contribution in [3.63, 3.8) is 0 Å². The molecule has 3 aromatic rings. The van der Waals surface area contributed by atoms with Gasteiger partial charge in [-0.2, -0.15) is 0 Å². The molecule has 0 aliphatic carbocycles. The molecule has 156 valence electrons. The van der Waals surface area contributed by atoms with Crippen LogP contribution in [-0.2, 0) is 6.54 Å². The zero-order chi connectivity index (χ0) is 21.1. The van der Waals surface area contributed by atoms with E-state index < -0.39 is 0 Å². The number of nitrogens with one attached hydrogen (secondary N) is 1. The number of hydrogen-bond donors (Lipinski definition) is 1. The lowest BCUT2D eigenvalue weighted by Gasteiger charge is -2.32. The van der Waals surface area contributed by atoms with E-state index in [1.54, 1.807) is 7.11 Å². The van der Waals surface area contributed by atoms with Gasteiger partial charge in [-0.05, 0) is 50.5 Å². The van der Waals surface area contributed by atoms with E-state index >= 15 is 0 Å². The molecule has 1 aliphatic heterocycles. The number of nitrogens with zero attached hydrogens (tertiary/aromatic N) is 2. The molecule has 1 saturated heterocycles. The van der Waals surface area contributed by atoms with Gasteiger partial charge >= 0.3 is 0 Å². The summed E-state index contributed by atoms with van der Waals surface area (Å²) in [6.07, 6.45) is 1.93. The Kier molecular flexibility index (Phi) is 6.00. The van der Waals surface area contributed by atoms with Crippen LogP contribution in [0.3, 0.4) is 0 Å². The Morgan fingerprint density at radius 3 is 2.67 bits per heavy atom. The molecule has 1 N–H and O–H groups in total. The summed E-state index contributed by atoms with van der Waals surface area (Å²) < 4.78 is 5.27. The number of methoxy groups -OCH3 is 1. The highest BCUT2D eigenvalue weighted by atomic mass is 16.5. The van der Waals surface area contributed by atoms with Gasteiger partial charge in [0.2, 0.25) is 0 Å². The van der Waals surface area contributed by atoms with E-state index in [9.17, 15) is 4.79 Å². The number of piperidine rings is 1. The van der Waals surface area contributed by atoms with Crippen molar-refractivity contribution in [3.8, 4) is 5.75 Å². The number of hydrogen-bond acceptors (Lipinski definition) is 4. The second kappa shape index (κ2) is 8.84. The third-order valence-electron chi connectivity index (χ3n) is 5.87. The van der Waals surface area contributed by atoms with Crippen LogP contribution < -0.4 is 10.1 Å². The minimum atomic E-state index is -0.0325. The van der Waals surface area contributed by atoms with Gasteiger partial charge < -0.3 is 10.1 Å². The first-order valence-electron chi connectivity index (χ1n) is 10.6. The fourth-order valence-corrected chi connectivity index (χ4v) is 4.17. The maximum absolute atomic E-state index is 12.9. The topological polar surface area (TPSA) is 54.5 Å². The van der Waals surface area contributed by atoms with Gasteiger partial charge in [-0.3, -0.25) is 14.7 Å². The molecule has 2 aromatic carbocycles. The molecule has 1 fully saturated rings. The summed E-state index contributed by atoms with van der Waals surface area (Å²) in [4.78, 5) is 20.0. The normalized spacial score (nSPS) is 15.3. The lowest BCUT2D eigenvalue weighted by Crippen LogP contribution is -2.44.